The number of rotatable bonds is 10. The molecule has 0 heterocycles. The van der Waals surface area contributed by atoms with Gasteiger partial charge in [0.2, 0.25) is 0 Å². The molecule has 1 N–H and O–H groups in total. The molecule has 0 saturated heterocycles. The number of para-hydroxylation sites is 1. The van der Waals surface area contributed by atoms with Gasteiger partial charge < -0.3 is 19.3 Å². The molecule has 0 fully saturated rings. The number of carboxylic acids is 1. The summed E-state index contributed by atoms with van der Waals surface area (Å²) in [6, 6.07) is 6.55. The Bertz CT molecular complexity index is 378. The molecule has 0 aliphatic carbocycles. The van der Waals surface area contributed by atoms with Crippen LogP contribution in [0.1, 0.15) is 23.7 Å². The second-order valence-electron chi connectivity index (χ2n) is 3.87. The lowest BCUT2D eigenvalue weighted by Crippen LogP contribution is -2.12. The molecule has 5 nitrogen and oxygen atoms in total. The summed E-state index contributed by atoms with van der Waals surface area (Å²) in [5.41, 5.74) is 0.161. The van der Waals surface area contributed by atoms with Crippen LogP contribution in [0.15, 0.2) is 24.3 Å². The second kappa shape index (κ2) is 9.35. The van der Waals surface area contributed by atoms with Crippen molar-refractivity contribution in [1.29, 1.82) is 0 Å². The third-order valence-corrected chi connectivity index (χ3v) is 2.32. The molecule has 5 heteroatoms. The van der Waals surface area contributed by atoms with E-state index in [0.29, 0.717) is 32.2 Å². The van der Waals surface area contributed by atoms with Gasteiger partial charge in [0.25, 0.3) is 0 Å². The van der Waals surface area contributed by atoms with Gasteiger partial charge in [-0.05, 0) is 18.6 Å². The van der Waals surface area contributed by atoms with Gasteiger partial charge in [0.05, 0.1) is 19.8 Å². The van der Waals surface area contributed by atoms with E-state index in [0.717, 1.165) is 13.0 Å². The van der Waals surface area contributed by atoms with Crippen molar-refractivity contribution in [2.24, 2.45) is 0 Å². The van der Waals surface area contributed by atoms with Gasteiger partial charge in [0.1, 0.15) is 17.9 Å². The maximum atomic E-state index is 10.9. The molecule has 0 saturated carbocycles. The third-order valence-electron chi connectivity index (χ3n) is 2.32. The van der Waals surface area contributed by atoms with Crippen LogP contribution >= 0.6 is 0 Å². The normalized spacial score (nSPS) is 10.4. The Kier molecular flexibility index (Phi) is 7.62. The molecule has 0 unspecified atom stereocenters. The van der Waals surface area contributed by atoms with Crippen molar-refractivity contribution in [3.8, 4) is 5.75 Å². The number of hydrogen-bond donors (Lipinski definition) is 1. The fourth-order valence-corrected chi connectivity index (χ4v) is 1.45. The maximum Gasteiger partial charge on any atom is 0.339 e. The van der Waals surface area contributed by atoms with Gasteiger partial charge in [-0.3, -0.25) is 0 Å². The fourth-order valence-electron chi connectivity index (χ4n) is 1.45. The summed E-state index contributed by atoms with van der Waals surface area (Å²) < 4.78 is 15.9. The molecule has 0 bridgehead atoms. The van der Waals surface area contributed by atoms with E-state index in [1.807, 2.05) is 0 Å². The number of carboxylic acid groups (broad SMARTS) is 1. The van der Waals surface area contributed by atoms with E-state index < -0.39 is 5.97 Å². The number of aromatic carboxylic acids is 1. The summed E-state index contributed by atoms with van der Waals surface area (Å²) in [6.45, 7) is 4.60. The highest BCUT2D eigenvalue weighted by Crippen LogP contribution is 2.17. The molecule has 0 aromatic heterocycles. The highest BCUT2D eigenvalue weighted by molar-refractivity contribution is 5.90. The van der Waals surface area contributed by atoms with E-state index in [1.54, 1.807) is 18.2 Å². The SMILES string of the molecule is CCCOCCOCCOc1ccccc1C(=O)O. The van der Waals surface area contributed by atoms with Gasteiger partial charge in [0, 0.05) is 6.61 Å². The summed E-state index contributed by atoms with van der Waals surface area (Å²) >= 11 is 0. The number of hydrogen-bond acceptors (Lipinski definition) is 4. The highest BCUT2D eigenvalue weighted by Gasteiger charge is 2.09. The van der Waals surface area contributed by atoms with E-state index in [4.69, 9.17) is 19.3 Å². The molecule has 0 atom stereocenters. The molecular formula is C14H20O5. The number of benzene rings is 1. The van der Waals surface area contributed by atoms with Crippen LogP contribution in [0.2, 0.25) is 0 Å². The lowest BCUT2D eigenvalue weighted by Gasteiger charge is -2.09. The van der Waals surface area contributed by atoms with Crippen LogP contribution in [0.5, 0.6) is 5.75 Å². The Hall–Kier alpha value is -1.59. The monoisotopic (exact) mass is 268 g/mol. The van der Waals surface area contributed by atoms with Gasteiger partial charge in [-0.15, -0.1) is 0 Å². The van der Waals surface area contributed by atoms with Crippen molar-refractivity contribution in [2.75, 3.05) is 33.0 Å². The molecule has 0 aliphatic rings. The molecular weight excluding hydrogens is 248 g/mol. The molecule has 19 heavy (non-hydrogen) atoms. The first-order chi connectivity index (χ1) is 9.25. The average molecular weight is 268 g/mol. The van der Waals surface area contributed by atoms with Crippen molar-refractivity contribution >= 4 is 5.97 Å². The van der Waals surface area contributed by atoms with Crippen molar-refractivity contribution in [3.05, 3.63) is 29.8 Å². The van der Waals surface area contributed by atoms with Crippen molar-refractivity contribution in [2.45, 2.75) is 13.3 Å². The zero-order valence-electron chi connectivity index (χ0n) is 11.1. The smallest absolute Gasteiger partial charge is 0.339 e. The third kappa shape index (κ3) is 6.22. The largest absolute Gasteiger partial charge is 0.490 e. The molecule has 1 aromatic carbocycles. The first kappa shape index (κ1) is 15.5. The van der Waals surface area contributed by atoms with Gasteiger partial charge in [0.15, 0.2) is 0 Å². The van der Waals surface area contributed by atoms with Crippen LogP contribution in [0, 0.1) is 0 Å². The lowest BCUT2D eigenvalue weighted by molar-refractivity contribution is 0.0363. The summed E-state index contributed by atoms with van der Waals surface area (Å²) in [5, 5.41) is 8.96. The van der Waals surface area contributed by atoms with E-state index >= 15 is 0 Å². The Balaban J connectivity index is 2.17. The van der Waals surface area contributed by atoms with Crippen molar-refractivity contribution in [1.82, 2.24) is 0 Å². The quantitative estimate of drug-likeness (QED) is 0.659. The average Bonchev–Trinajstić information content (AvgIpc) is 2.42. The second-order valence-corrected chi connectivity index (χ2v) is 3.87. The topological polar surface area (TPSA) is 65.0 Å². The maximum absolute atomic E-state index is 10.9. The van der Waals surface area contributed by atoms with Crippen LogP contribution in [0.4, 0.5) is 0 Å². The molecule has 0 spiro atoms. The van der Waals surface area contributed by atoms with Gasteiger partial charge in [-0.2, -0.15) is 0 Å². The first-order valence-corrected chi connectivity index (χ1v) is 6.36. The molecule has 1 aromatic rings. The Morgan fingerprint density at radius 1 is 1.05 bits per heavy atom. The zero-order chi connectivity index (χ0) is 13.9. The minimum absolute atomic E-state index is 0.161. The number of carbonyl (C=O) groups is 1. The molecule has 0 radical (unpaired) electrons. The minimum atomic E-state index is -0.996. The summed E-state index contributed by atoms with van der Waals surface area (Å²) in [7, 11) is 0. The fraction of sp³-hybridized carbons (Fsp3) is 0.500. The van der Waals surface area contributed by atoms with Gasteiger partial charge >= 0.3 is 5.97 Å². The Morgan fingerprint density at radius 3 is 2.37 bits per heavy atom. The molecule has 0 aliphatic heterocycles. The van der Waals surface area contributed by atoms with Crippen LogP contribution in [-0.4, -0.2) is 44.1 Å². The molecule has 0 amide bonds. The van der Waals surface area contributed by atoms with Gasteiger partial charge in [-0.25, -0.2) is 4.79 Å². The molecule has 1 rings (SSSR count). The Morgan fingerprint density at radius 2 is 1.68 bits per heavy atom. The van der Waals surface area contributed by atoms with Crippen LogP contribution in [0.25, 0.3) is 0 Å². The Labute approximate surface area is 113 Å². The van der Waals surface area contributed by atoms with Gasteiger partial charge in [-0.1, -0.05) is 19.1 Å². The standard InChI is InChI=1S/C14H20O5/c1-2-7-17-8-9-18-10-11-19-13-6-4-3-5-12(13)14(15)16/h3-6H,2,7-11H2,1H3,(H,15,16). The minimum Gasteiger partial charge on any atom is -0.490 e. The van der Waals surface area contributed by atoms with Crippen LogP contribution < -0.4 is 4.74 Å². The van der Waals surface area contributed by atoms with Crippen LogP contribution in [-0.2, 0) is 9.47 Å². The number of ether oxygens (including phenoxy) is 3. The predicted octanol–water partition coefficient (Wildman–Crippen LogP) is 2.21. The zero-order valence-corrected chi connectivity index (χ0v) is 11.1. The van der Waals surface area contributed by atoms with Crippen molar-refractivity contribution < 1.29 is 24.1 Å². The first-order valence-electron chi connectivity index (χ1n) is 6.36. The van der Waals surface area contributed by atoms with Crippen molar-refractivity contribution in [3.63, 3.8) is 0 Å². The lowest BCUT2D eigenvalue weighted by atomic mass is 10.2. The van der Waals surface area contributed by atoms with E-state index in [1.165, 1.54) is 6.07 Å². The van der Waals surface area contributed by atoms with E-state index in [-0.39, 0.29) is 5.56 Å². The highest BCUT2D eigenvalue weighted by atomic mass is 16.5. The molecule has 106 valence electrons. The van der Waals surface area contributed by atoms with E-state index in [9.17, 15) is 4.79 Å². The predicted molar refractivity (Wildman–Crippen MR) is 70.8 cm³/mol. The summed E-state index contributed by atoms with van der Waals surface area (Å²) in [6.07, 6.45) is 0.995. The summed E-state index contributed by atoms with van der Waals surface area (Å²) in [4.78, 5) is 10.9. The van der Waals surface area contributed by atoms with Crippen LogP contribution in [0.3, 0.4) is 0 Å². The summed E-state index contributed by atoms with van der Waals surface area (Å²) in [5.74, 6) is -0.634. The van der Waals surface area contributed by atoms with E-state index in [2.05, 4.69) is 6.92 Å².